The smallest absolute Gasteiger partial charge is 0.222 e. The van der Waals surface area contributed by atoms with E-state index in [1.54, 1.807) is 12.1 Å². The van der Waals surface area contributed by atoms with Crippen LogP contribution in [-0.2, 0) is 11.2 Å². The second-order valence-electron chi connectivity index (χ2n) is 4.96. The van der Waals surface area contributed by atoms with E-state index in [1.165, 1.54) is 12.1 Å². The number of carbonyl (C=O) groups excluding carboxylic acids is 1. The van der Waals surface area contributed by atoms with Crippen LogP contribution in [0.1, 0.15) is 24.8 Å². The Labute approximate surface area is 113 Å². The van der Waals surface area contributed by atoms with E-state index >= 15 is 0 Å². The summed E-state index contributed by atoms with van der Waals surface area (Å²) in [5, 5.41) is 3.29. The van der Waals surface area contributed by atoms with Gasteiger partial charge < -0.3 is 10.2 Å². The van der Waals surface area contributed by atoms with Crippen molar-refractivity contribution in [2.24, 2.45) is 0 Å². The molecule has 1 amide bonds. The number of halogens is 1. The summed E-state index contributed by atoms with van der Waals surface area (Å²) in [7, 11) is 0. The van der Waals surface area contributed by atoms with Gasteiger partial charge in [-0.2, -0.15) is 0 Å². The fraction of sp³-hybridized carbons (Fsp3) is 0.533. The van der Waals surface area contributed by atoms with E-state index in [4.69, 9.17) is 0 Å². The lowest BCUT2D eigenvalue weighted by atomic mass is 10.1. The van der Waals surface area contributed by atoms with Crippen LogP contribution in [0.5, 0.6) is 0 Å². The zero-order chi connectivity index (χ0) is 13.5. The fourth-order valence-corrected chi connectivity index (χ4v) is 2.35. The van der Waals surface area contributed by atoms with Gasteiger partial charge in [-0.25, -0.2) is 4.39 Å². The third kappa shape index (κ3) is 4.63. The summed E-state index contributed by atoms with van der Waals surface area (Å²) in [5.74, 6) is 0.0303. The topological polar surface area (TPSA) is 32.3 Å². The summed E-state index contributed by atoms with van der Waals surface area (Å²) in [5.41, 5.74) is 1.09. The van der Waals surface area contributed by atoms with Crippen molar-refractivity contribution >= 4 is 5.91 Å². The van der Waals surface area contributed by atoms with Gasteiger partial charge in [0.15, 0.2) is 0 Å². The van der Waals surface area contributed by atoms with Gasteiger partial charge in [-0.1, -0.05) is 12.1 Å². The molecule has 0 aliphatic carbocycles. The Morgan fingerprint density at radius 3 is 2.79 bits per heavy atom. The number of nitrogens with zero attached hydrogens (tertiary/aromatic N) is 1. The van der Waals surface area contributed by atoms with E-state index < -0.39 is 0 Å². The molecule has 3 nitrogen and oxygen atoms in total. The molecule has 1 saturated heterocycles. The number of amides is 1. The normalized spacial score (nSPS) is 16.2. The third-order valence-electron chi connectivity index (χ3n) is 3.46. The molecule has 0 aromatic heterocycles. The molecule has 1 aliphatic heterocycles. The average Bonchev–Trinajstić information content (AvgIpc) is 2.70. The molecular formula is C15H21FN2O. The van der Waals surface area contributed by atoms with Crippen LogP contribution in [0, 0.1) is 5.82 Å². The van der Waals surface area contributed by atoms with Gasteiger partial charge in [0, 0.05) is 26.1 Å². The molecule has 1 fully saturated rings. The summed E-state index contributed by atoms with van der Waals surface area (Å²) in [4.78, 5) is 14.0. The van der Waals surface area contributed by atoms with Gasteiger partial charge in [0.05, 0.1) is 0 Å². The molecule has 4 heteroatoms. The van der Waals surface area contributed by atoms with E-state index in [0.29, 0.717) is 6.42 Å². The molecule has 0 saturated carbocycles. The second kappa shape index (κ2) is 7.24. The molecule has 0 atom stereocenters. The minimum Gasteiger partial charge on any atom is -0.341 e. The number of hydrogen-bond acceptors (Lipinski definition) is 2. The van der Waals surface area contributed by atoms with Gasteiger partial charge in [-0.05, 0) is 43.5 Å². The van der Waals surface area contributed by atoms with E-state index in [1.807, 2.05) is 4.90 Å². The van der Waals surface area contributed by atoms with E-state index in [-0.39, 0.29) is 11.7 Å². The highest BCUT2D eigenvalue weighted by Crippen LogP contribution is 2.08. The average molecular weight is 264 g/mol. The van der Waals surface area contributed by atoms with Crippen LogP contribution < -0.4 is 5.32 Å². The molecule has 19 heavy (non-hydrogen) atoms. The Bertz CT molecular complexity index is 397. The van der Waals surface area contributed by atoms with Gasteiger partial charge in [0.2, 0.25) is 5.91 Å². The molecular weight excluding hydrogens is 243 g/mol. The quantitative estimate of drug-likeness (QED) is 0.901. The van der Waals surface area contributed by atoms with Gasteiger partial charge >= 0.3 is 0 Å². The first-order valence-electron chi connectivity index (χ1n) is 6.98. The molecule has 1 heterocycles. The van der Waals surface area contributed by atoms with E-state index in [9.17, 15) is 9.18 Å². The highest BCUT2D eigenvalue weighted by atomic mass is 19.1. The van der Waals surface area contributed by atoms with E-state index in [0.717, 1.165) is 51.0 Å². The van der Waals surface area contributed by atoms with Crippen molar-refractivity contribution in [3.63, 3.8) is 0 Å². The largest absolute Gasteiger partial charge is 0.341 e. The Morgan fingerprint density at radius 2 is 2.00 bits per heavy atom. The maximum absolute atomic E-state index is 12.8. The first-order chi connectivity index (χ1) is 9.25. The minimum atomic E-state index is -0.211. The predicted octanol–water partition coefficient (Wildman–Crippen LogP) is 1.97. The van der Waals surface area contributed by atoms with Crippen molar-refractivity contribution in [2.75, 3.05) is 26.2 Å². The number of benzene rings is 1. The van der Waals surface area contributed by atoms with Crippen LogP contribution in [0.15, 0.2) is 24.3 Å². The fourth-order valence-electron chi connectivity index (χ4n) is 2.35. The Hall–Kier alpha value is -1.42. The molecule has 2 rings (SSSR count). The molecule has 0 bridgehead atoms. The number of rotatable bonds is 4. The van der Waals surface area contributed by atoms with Gasteiger partial charge in [-0.3, -0.25) is 4.79 Å². The van der Waals surface area contributed by atoms with Crippen LogP contribution >= 0.6 is 0 Å². The van der Waals surface area contributed by atoms with Crippen LogP contribution in [0.3, 0.4) is 0 Å². The number of aryl methyl sites for hydroxylation is 1. The molecule has 104 valence electrons. The Kier molecular flexibility index (Phi) is 5.33. The number of hydrogen-bond donors (Lipinski definition) is 1. The summed E-state index contributed by atoms with van der Waals surface area (Å²) in [6.45, 7) is 3.57. The summed E-state index contributed by atoms with van der Waals surface area (Å²) < 4.78 is 12.8. The maximum Gasteiger partial charge on any atom is 0.222 e. The van der Waals surface area contributed by atoms with Crippen LogP contribution in [0.25, 0.3) is 0 Å². The zero-order valence-electron chi connectivity index (χ0n) is 11.2. The molecule has 0 unspecified atom stereocenters. The second-order valence-corrected chi connectivity index (χ2v) is 4.96. The molecule has 1 aliphatic rings. The molecule has 0 radical (unpaired) electrons. The van der Waals surface area contributed by atoms with Crippen molar-refractivity contribution in [2.45, 2.75) is 25.7 Å². The van der Waals surface area contributed by atoms with Crippen molar-refractivity contribution in [1.29, 1.82) is 0 Å². The van der Waals surface area contributed by atoms with Gasteiger partial charge in [-0.15, -0.1) is 0 Å². The highest BCUT2D eigenvalue weighted by Gasteiger charge is 2.14. The Morgan fingerprint density at radius 1 is 1.21 bits per heavy atom. The summed E-state index contributed by atoms with van der Waals surface area (Å²) in [6, 6.07) is 6.51. The standard InChI is InChI=1S/C15H21FN2O/c16-14-7-5-13(6-8-14)3-1-4-15(19)18-11-2-9-17-10-12-18/h5-8,17H,1-4,9-12H2. The van der Waals surface area contributed by atoms with E-state index in [2.05, 4.69) is 5.32 Å². The first kappa shape index (κ1) is 14.0. The van der Waals surface area contributed by atoms with Crippen molar-refractivity contribution < 1.29 is 9.18 Å². The van der Waals surface area contributed by atoms with Crippen molar-refractivity contribution in [1.82, 2.24) is 10.2 Å². The number of carbonyl (C=O) groups is 1. The molecule has 1 aromatic rings. The first-order valence-corrected chi connectivity index (χ1v) is 6.98. The van der Waals surface area contributed by atoms with Crippen LogP contribution in [0.2, 0.25) is 0 Å². The minimum absolute atomic E-state index is 0.211. The lowest BCUT2D eigenvalue weighted by Crippen LogP contribution is -2.34. The zero-order valence-corrected chi connectivity index (χ0v) is 11.2. The molecule has 1 aromatic carbocycles. The van der Waals surface area contributed by atoms with Gasteiger partial charge in [0.1, 0.15) is 5.82 Å². The maximum atomic E-state index is 12.8. The number of nitrogens with one attached hydrogen (secondary N) is 1. The molecule has 0 spiro atoms. The Balaban J connectivity index is 1.72. The SMILES string of the molecule is O=C(CCCc1ccc(F)cc1)N1CCCNCC1. The highest BCUT2D eigenvalue weighted by molar-refractivity contribution is 5.76. The predicted molar refractivity (Wildman–Crippen MR) is 73.4 cm³/mol. The summed E-state index contributed by atoms with van der Waals surface area (Å²) in [6.07, 6.45) is 3.27. The van der Waals surface area contributed by atoms with Gasteiger partial charge in [0.25, 0.3) is 0 Å². The van der Waals surface area contributed by atoms with Crippen molar-refractivity contribution in [3.05, 3.63) is 35.6 Å². The monoisotopic (exact) mass is 264 g/mol. The van der Waals surface area contributed by atoms with Crippen molar-refractivity contribution in [3.8, 4) is 0 Å². The molecule has 1 N–H and O–H groups in total. The van der Waals surface area contributed by atoms with Crippen LogP contribution in [0.4, 0.5) is 4.39 Å². The summed E-state index contributed by atoms with van der Waals surface area (Å²) >= 11 is 0. The third-order valence-corrected chi connectivity index (χ3v) is 3.46. The lowest BCUT2D eigenvalue weighted by Gasteiger charge is -2.19. The van der Waals surface area contributed by atoms with Crippen LogP contribution in [-0.4, -0.2) is 37.0 Å². The lowest BCUT2D eigenvalue weighted by molar-refractivity contribution is -0.131.